The van der Waals surface area contributed by atoms with E-state index in [0.29, 0.717) is 12.2 Å². The van der Waals surface area contributed by atoms with Gasteiger partial charge in [-0.3, -0.25) is 0 Å². The highest BCUT2D eigenvalue weighted by Gasteiger charge is 2.23. The molecule has 0 aliphatic rings. The Kier molecular flexibility index (Phi) is 4.32. The summed E-state index contributed by atoms with van der Waals surface area (Å²) in [6, 6.07) is 20.3. The lowest BCUT2D eigenvalue weighted by Gasteiger charge is -2.12. The van der Waals surface area contributed by atoms with E-state index in [-0.39, 0.29) is 5.97 Å². The number of nitrogens with zero attached hydrogens (tertiary/aromatic N) is 1. The number of rotatable bonds is 4. The van der Waals surface area contributed by atoms with Gasteiger partial charge in [0.25, 0.3) is 0 Å². The standard InChI is InChI=1S/C23H22N2O2/c1-4-27-23(26)19-14-21(25(16(19)3)17-10-6-5-7-11-17)22-15(2)24-20-13-9-8-12-18(20)22/h5-14,24H,4H2,1-3H3. The van der Waals surface area contributed by atoms with Gasteiger partial charge in [0.15, 0.2) is 0 Å². The minimum absolute atomic E-state index is 0.288. The number of esters is 1. The lowest BCUT2D eigenvalue weighted by Crippen LogP contribution is -2.06. The van der Waals surface area contributed by atoms with Gasteiger partial charge in [0.1, 0.15) is 0 Å². The summed E-state index contributed by atoms with van der Waals surface area (Å²) in [6.07, 6.45) is 0. The highest BCUT2D eigenvalue weighted by Crippen LogP contribution is 2.36. The van der Waals surface area contributed by atoms with Crippen molar-refractivity contribution in [2.45, 2.75) is 20.8 Å². The number of aromatic nitrogens is 2. The molecule has 0 saturated carbocycles. The number of fused-ring (bicyclic) bond motifs is 1. The molecular weight excluding hydrogens is 336 g/mol. The largest absolute Gasteiger partial charge is 0.462 e. The van der Waals surface area contributed by atoms with E-state index in [0.717, 1.165) is 39.2 Å². The number of H-pyrrole nitrogens is 1. The zero-order chi connectivity index (χ0) is 19.0. The minimum atomic E-state index is -0.288. The Labute approximate surface area is 158 Å². The first-order valence-corrected chi connectivity index (χ1v) is 9.14. The van der Waals surface area contributed by atoms with Crippen molar-refractivity contribution >= 4 is 16.9 Å². The SMILES string of the molecule is CCOC(=O)c1cc(-c2c(C)[nH]c3ccccc23)n(-c2ccccc2)c1C. The van der Waals surface area contributed by atoms with Crippen LogP contribution >= 0.6 is 0 Å². The fourth-order valence-corrected chi connectivity index (χ4v) is 3.72. The summed E-state index contributed by atoms with van der Waals surface area (Å²) in [6.45, 7) is 6.21. The third-order valence-electron chi connectivity index (χ3n) is 4.91. The third-order valence-corrected chi connectivity index (χ3v) is 4.91. The number of carbonyl (C=O) groups excluding carboxylic acids is 1. The van der Waals surface area contributed by atoms with Gasteiger partial charge in [0, 0.05) is 33.5 Å². The maximum absolute atomic E-state index is 12.5. The first-order chi connectivity index (χ1) is 13.1. The second-order valence-electron chi connectivity index (χ2n) is 6.59. The summed E-state index contributed by atoms with van der Waals surface area (Å²) >= 11 is 0. The number of nitrogens with one attached hydrogen (secondary N) is 1. The smallest absolute Gasteiger partial charge is 0.339 e. The molecule has 0 aliphatic carbocycles. The fourth-order valence-electron chi connectivity index (χ4n) is 3.72. The summed E-state index contributed by atoms with van der Waals surface area (Å²) in [5.74, 6) is -0.288. The lowest BCUT2D eigenvalue weighted by atomic mass is 10.1. The molecule has 0 bridgehead atoms. The number of aromatic amines is 1. The maximum atomic E-state index is 12.5. The molecule has 0 amide bonds. The lowest BCUT2D eigenvalue weighted by molar-refractivity contribution is 0.0525. The minimum Gasteiger partial charge on any atom is -0.462 e. The average Bonchev–Trinajstić information content (AvgIpc) is 3.18. The van der Waals surface area contributed by atoms with E-state index in [1.54, 1.807) is 0 Å². The van der Waals surface area contributed by atoms with Crippen LogP contribution in [0.25, 0.3) is 27.8 Å². The van der Waals surface area contributed by atoms with Crippen LogP contribution in [0.5, 0.6) is 0 Å². The first-order valence-electron chi connectivity index (χ1n) is 9.14. The molecule has 1 N–H and O–H groups in total. The predicted molar refractivity (Wildman–Crippen MR) is 108 cm³/mol. The molecule has 0 atom stereocenters. The Bertz CT molecular complexity index is 1120. The van der Waals surface area contributed by atoms with Crippen LogP contribution in [0.1, 0.15) is 28.7 Å². The van der Waals surface area contributed by atoms with Gasteiger partial charge < -0.3 is 14.3 Å². The summed E-state index contributed by atoms with van der Waals surface area (Å²) in [5, 5.41) is 1.14. The molecule has 27 heavy (non-hydrogen) atoms. The second-order valence-corrected chi connectivity index (χ2v) is 6.59. The van der Waals surface area contributed by atoms with E-state index in [4.69, 9.17) is 4.74 Å². The predicted octanol–water partition coefficient (Wildman–Crippen LogP) is 5.42. The number of benzene rings is 2. The molecule has 0 spiro atoms. The molecule has 0 radical (unpaired) electrons. The Morgan fingerprint density at radius 3 is 2.48 bits per heavy atom. The molecular formula is C23H22N2O2. The van der Waals surface area contributed by atoms with Crippen LogP contribution in [0.3, 0.4) is 0 Å². The quantitative estimate of drug-likeness (QED) is 0.495. The molecule has 4 nitrogen and oxygen atoms in total. The van der Waals surface area contributed by atoms with Crippen LogP contribution < -0.4 is 0 Å². The van der Waals surface area contributed by atoms with Gasteiger partial charge in [-0.1, -0.05) is 36.4 Å². The molecule has 0 saturated heterocycles. The normalized spacial score (nSPS) is 11.1. The highest BCUT2D eigenvalue weighted by atomic mass is 16.5. The molecule has 2 aromatic carbocycles. The second kappa shape index (κ2) is 6.80. The molecule has 0 unspecified atom stereocenters. The van der Waals surface area contributed by atoms with Crippen molar-refractivity contribution in [3.63, 3.8) is 0 Å². The van der Waals surface area contributed by atoms with Crippen molar-refractivity contribution in [3.05, 3.63) is 77.6 Å². The Morgan fingerprint density at radius 1 is 1.04 bits per heavy atom. The van der Waals surface area contributed by atoms with Gasteiger partial charge >= 0.3 is 5.97 Å². The van der Waals surface area contributed by atoms with Gasteiger partial charge in [-0.05, 0) is 45.0 Å². The summed E-state index contributed by atoms with van der Waals surface area (Å²) in [7, 11) is 0. The van der Waals surface area contributed by atoms with Crippen LogP contribution in [0.2, 0.25) is 0 Å². The summed E-state index contributed by atoms with van der Waals surface area (Å²) < 4.78 is 7.42. The summed E-state index contributed by atoms with van der Waals surface area (Å²) in [4.78, 5) is 16.0. The zero-order valence-corrected chi connectivity index (χ0v) is 15.7. The molecule has 0 fully saturated rings. The number of aryl methyl sites for hydroxylation is 1. The van der Waals surface area contributed by atoms with Crippen LogP contribution in [0, 0.1) is 13.8 Å². The van der Waals surface area contributed by atoms with E-state index in [1.165, 1.54) is 0 Å². The van der Waals surface area contributed by atoms with E-state index in [9.17, 15) is 4.79 Å². The van der Waals surface area contributed by atoms with E-state index in [2.05, 4.69) is 40.7 Å². The molecule has 4 aromatic rings. The number of hydrogen-bond acceptors (Lipinski definition) is 2. The Hall–Kier alpha value is -3.27. The third kappa shape index (κ3) is 2.83. The highest BCUT2D eigenvalue weighted by molar-refractivity contribution is 6.00. The van der Waals surface area contributed by atoms with E-state index >= 15 is 0 Å². The fraction of sp³-hybridized carbons (Fsp3) is 0.174. The van der Waals surface area contributed by atoms with Crippen molar-refractivity contribution in [1.29, 1.82) is 0 Å². The first kappa shape index (κ1) is 17.2. The molecule has 4 heteroatoms. The number of carbonyl (C=O) groups is 1. The van der Waals surface area contributed by atoms with Gasteiger partial charge in [-0.25, -0.2) is 4.79 Å². The van der Waals surface area contributed by atoms with Crippen molar-refractivity contribution in [2.75, 3.05) is 6.61 Å². The maximum Gasteiger partial charge on any atom is 0.339 e. The van der Waals surface area contributed by atoms with E-state index in [1.807, 2.05) is 50.2 Å². The van der Waals surface area contributed by atoms with Crippen molar-refractivity contribution in [3.8, 4) is 16.9 Å². The topological polar surface area (TPSA) is 47.0 Å². The summed E-state index contributed by atoms with van der Waals surface area (Å²) in [5.41, 5.74) is 6.73. The molecule has 4 rings (SSSR count). The van der Waals surface area contributed by atoms with Crippen LogP contribution in [-0.4, -0.2) is 22.1 Å². The van der Waals surface area contributed by atoms with Gasteiger partial charge in [0.2, 0.25) is 0 Å². The van der Waals surface area contributed by atoms with Crippen molar-refractivity contribution < 1.29 is 9.53 Å². The van der Waals surface area contributed by atoms with Crippen LogP contribution in [0.4, 0.5) is 0 Å². The number of hydrogen-bond donors (Lipinski definition) is 1. The van der Waals surface area contributed by atoms with Crippen LogP contribution in [-0.2, 0) is 4.74 Å². The van der Waals surface area contributed by atoms with Gasteiger partial charge in [0.05, 0.1) is 17.9 Å². The van der Waals surface area contributed by atoms with Crippen molar-refractivity contribution in [2.24, 2.45) is 0 Å². The molecule has 136 valence electrons. The van der Waals surface area contributed by atoms with Gasteiger partial charge in [-0.15, -0.1) is 0 Å². The number of ether oxygens (including phenoxy) is 1. The van der Waals surface area contributed by atoms with Crippen molar-refractivity contribution in [1.82, 2.24) is 9.55 Å². The Morgan fingerprint density at radius 2 is 1.74 bits per heavy atom. The van der Waals surface area contributed by atoms with Gasteiger partial charge in [-0.2, -0.15) is 0 Å². The molecule has 2 aromatic heterocycles. The van der Waals surface area contributed by atoms with E-state index < -0.39 is 0 Å². The molecule has 2 heterocycles. The number of para-hydroxylation sites is 2. The zero-order valence-electron chi connectivity index (χ0n) is 15.7. The molecule has 0 aliphatic heterocycles. The van der Waals surface area contributed by atoms with Crippen LogP contribution in [0.15, 0.2) is 60.7 Å². The monoisotopic (exact) mass is 358 g/mol. The Balaban J connectivity index is 2.03. The average molecular weight is 358 g/mol.